The van der Waals surface area contributed by atoms with Gasteiger partial charge in [0.2, 0.25) is 11.8 Å². The summed E-state index contributed by atoms with van der Waals surface area (Å²) in [6, 6.07) is 16.8. The molecule has 2 N–H and O–H groups in total. The molecule has 0 radical (unpaired) electrons. The summed E-state index contributed by atoms with van der Waals surface area (Å²) < 4.78 is 35.8. The van der Waals surface area contributed by atoms with Crippen LogP contribution in [0.1, 0.15) is 76.8 Å². The molecule has 250 valence electrons. The standard InChI is InChI=1S/C36H51N5O4S/c1-25(2)18-28(41(24-42)29-21-36(22-29)14-16-40(6)17-15-36)23-45-34-20-33(32-13-8-7-12-31(32)26(3)4)37-35(38-34)39-46(43,44)30-11-9-10-27(5)19-30/h7-13,19-20,25-26,28-29,42H,14-18,21-24H2,1-6H3,(H,37,38,39)/t28-/m1/s1. The van der Waals surface area contributed by atoms with E-state index in [2.05, 4.69) is 65.3 Å². The highest BCUT2D eigenvalue weighted by Gasteiger charge is 2.48. The number of benzene rings is 2. The summed E-state index contributed by atoms with van der Waals surface area (Å²) in [6.07, 6.45) is 5.49. The first-order valence-corrected chi connectivity index (χ1v) is 18.1. The van der Waals surface area contributed by atoms with Gasteiger partial charge in [-0.1, -0.05) is 64.1 Å². The molecule has 2 aliphatic rings. The van der Waals surface area contributed by atoms with Gasteiger partial charge in [0.05, 0.1) is 17.3 Å². The number of aromatic nitrogens is 2. The number of hydrogen-bond acceptors (Lipinski definition) is 8. The van der Waals surface area contributed by atoms with Crippen LogP contribution in [0.2, 0.25) is 0 Å². The van der Waals surface area contributed by atoms with Crippen LogP contribution in [0.15, 0.2) is 59.5 Å². The van der Waals surface area contributed by atoms with Crippen LogP contribution in [0, 0.1) is 18.3 Å². The first-order valence-electron chi connectivity index (χ1n) is 16.6. The summed E-state index contributed by atoms with van der Waals surface area (Å²) in [6.45, 7) is 13.0. The van der Waals surface area contributed by atoms with Crippen molar-refractivity contribution in [3.63, 3.8) is 0 Å². The van der Waals surface area contributed by atoms with E-state index in [1.807, 2.05) is 31.2 Å². The first-order chi connectivity index (χ1) is 21.9. The van der Waals surface area contributed by atoms with Crippen LogP contribution in [0.25, 0.3) is 11.3 Å². The molecule has 1 saturated heterocycles. The molecule has 9 nitrogen and oxygen atoms in total. The van der Waals surface area contributed by atoms with Gasteiger partial charge >= 0.3 is 0 Å². The molecule has 1 saturated carbocycles. The second-order valence-corrected chi connectivity index (χ2v) is 15.9. The Hall–Kier alpha value is -3.05. The predicted octanol–water partition coefficient (Wildman–Crippen LogP) is 6.30. The molecule has 3 aromatic rings. The molecular formula is C36H51N5O4S. The topological polar surface area (TPSA) is 108 Å². The van der Waals surface area contributed by atoms with Gasteiger partial charge in [0.25, 0.3) is 10.0 Å². The van der Waals surface area contributed by atoms with Crippen molar-refractivity contribution in [3.8, 4) is 17.1 Å². The van der Waals surface area contributed by atoms with Gasteiger partial charge in [-0.25, -0.2) is 18.1 Å². The fourth-order valence-corrected chi connectivity index (χ4v) is 8.16. The maximum atomic E-state index is 13.4. The Bertz CT molecular complexity index is 1580. The Labute approximate surface area is 275 Å². The van der Waals surface area contributed by atoms with E-state index in [0.717, 1.165) is 49.0 Å². The average molecular weight is 650 g/mol. The number of aliphatic hydroxyl groups is 1. The lowest BCUT2D eigenvalue weighted by Crippen LogP contribution is -2.58. The van der Waals surface area contributed by atoms with Gasteiger partial charge in [-0.2, -0.15) is 4.98 Å². The number of piperidine rings is 1. The fourth-order valence-electron chi connectivity index (χ4n) is 7.11. The molecule has 10 heteroatoms. The van der Waals surface area contributed by atoms with Crippen molar-refractivity contribution in [2.24, 2.45) is 11.3 Å². The highest BCUT2D eigenvalue weighted by Crippen LogP contribution is 2.51. The van der Waals surface area contributed by atoms with E-state index in [4.69, 9.17) is 4.74 Å². The highest BCUT2D eigenvalue weighted by molar-refractivity contribution is 7.92. The van der Waals surface area contributed by atoms with E-state index in [0.29, 0.717) is 29.7 Å². The van der Waals surface area contributed by atoms with Crippen molar-refractivity contribution in [3.05, 3.63) is 65.7 Å². The predicted molar refractivity (Wildman–Crippen MR) is 183 cm³/mol. The first kappa shape index (κ1) is 34.3. The van der Waals surface area contributed by atoms with Gasteiger partial charge in [-0.15, -0.1) is 0 Å². The normalized spacial score (nSPS) is 17.9. The lowest BCUT2D eigenvalue weighted by atomic mass is 9.60. The number of anilines is 1. The molecule has 0 amide bonds. The number of aryl methyl sites for hydroxylation is 1. The maximum Gasteiger partial charge on any atom is 0.264 e. The summed E-state index contributed by atoms with van der Waals surface area (Å²) >= 11 is 0. The van der Waals surface area contributed by atoms with Crippen LogP contribution >= 0.6 is 0 Å². The summed E-state index contributed by atoms with van der Waals surface area (Å²) in [4.78, 5) is 14.0. The lowest BCUT2D eigenvalue weighted by Gasteiger charge is -2.56. The minimum Gasteiger partial charge on any atom is -0.476 e. The zero-order valence-electron chi connectivity index (χ0n) is 28.2. The Morgan fingerprint density at radius 2 is 1.76 bits per heavy atom. The van der Waals surface area contributed by atoms with Crippen molar-refractivity contribution in [2.45, 2.75) is 89.6 Å². The minimum atomic E-state index is -3.94. The van der Waals surface area contributed by atoms with Crippen LogP contribution in [0.5, 0.6) is 5.88 Å². The van der Waals surface area contributed by atoms with E-state index in [9.17, 15) is 13.5 Å². The molecule has 1 atom stereocenters. The number of nitrogens with zero attached hydrogens (tertiary/aromatic N) is 4. The highest BCUT2D eigenvalue weighted by atomic mass is 32.2. The van der Waals surface area contributed by atoms with Crippen molar-refractivity contribution >= 4 is 16.0 Å². The molecule has 1 aliphatic heterocycles. The fraction of sp³-hybridized carbons (Fsp3) is 0.556. The summed E-state index contributed by atoms with van der Waals surface area (Å²) in [5.41, 5.74) is 3.80. The van der Waals surface area contributed by atoms with E-state index in [1.54, 1.807) is 24.3 Å². The SMILES string of the molecule is Cc1cccc(S(=O)(=O)Nc2nc(OC[C@@H](CC(C)C)N(CO)C3CC4(CCN(C)CC4)C3)cc(-c3ccccc3C(C)C)n2)c1. The van der Waals surface area contributed by atoms with Crippen LogP contribution in [0.3, 0.4) is 0 Å². The molecule has 2 aromatic carbocycles. The van der Waals surface area contributed by atoms with Crippen LogP contribution < -0.4 is 9.46 Å². The molecule has 2 heterocycles. The van der Waals surface area contributed by atoms with E-state index in [1.165, 1.54) is 12.8 Å². The third kappa shape index (κ3) is 8.08. The zero-order chi connectivity index (χ0) is 33.1. The molecule has 1 aliphatic carbocycles. The number of hydrogen-bond donors (Lipinski definition) is 2. The van der Waals surface area contributed by atoms with Crippen LogP contribution in [0.4, 0.5) is 5.95 Å². The van der Waals surface area contributed by atoms with Crippen molar-refractivity contribution in [2.75, 3.05) is 38.2 Å². The zero-order valence-corrected chi connectivity index (χ0v) is 29.1. The number of likely N-dealkylation sites (tertiary alicyclic amines) is 1. The second-order valence-electron chi connectivity index (χ2n) is 14.2. The maximum absolute atomic E-state index is 13.4. The van der Waals surface area contributed by atoms with Gasteiger partial charge in [-0.05, 0) is 99.7 Å². The largest absolute Gasteiger partial charge is 0.476 e. The average Bonchev–Trinajstić information content (AvgIpc) is 2.99. The number of sulfonamides is 1. The summed E-state index contributed by atoms with van der Waals surface area (Å²) in [7, 11) is -1.75. The van der Waals surface area contributed by atoms with Crippen molar-refractivity contribution in [1.82, 2.24) is 19.8 Å². The van der Waals surface area contributed by atoms with Crippen molar-refractivity contribution in [1.29, 1.82) is 0 Å². The number of ether oxygens (including phenoxy) is 1. The third-order valence-corrected chi connectivity index (χ3v) is 11.1. The Morgan fingerprint density at radius 1 is 1.04 bits per heavy atom. The minimum absolute atomic E-state index is 0.0209. The second kappa shape index (κ2) is 14.4. The number of aliphatic hydroxyl groups excluding tert-OH is 1. The molecule has 46 heavy (non-hydrogen) atoms. The monoisotopic (exact) mass is 649 g/mol. The number of nitrogens with one attached hydrogen (secondary N) is 1. The molecule has 2 fully saturated rings. The van der Waals surface area contributed by atoms with Crippen LogP contribution in [-0.4, -0.2) is 78.9 Å². The van der Waals surface area contributed by atoms with Gasteiger partial charge in [0.1, 0.15) is 6.61 Å². The van der Waals surface area contributed by atoms with Gasteiger partial charge in [0.15, 0.2) is 0 Å². The molecule has 1 spiro atoms. The van der Waals surface area contributed by atoms with E-state index in [-0.39, 0.29) is 35.4 Å². The van der Waals surface area contributed by atoms with Crippen LogP contribution in [-0.2, 0) is 10.0 Å². The molecule has 0 bridgehead atoms. The molecule has 0 unspecified atom stereocenters. The molecular weight excluding hydrogens is 598 g/mol. The van der Waals surface area contributed by atoms with E-state index < -0.39 is 10.0 Å². The summed E-state index contributed by atoms with van der Waals surface area (Å²) in [5.74, 6) is 0.871. The lowest BCUT2D eigenvalue weighted by molar-refractivity contribution is -0.0914. The smallest absolute Gasteiger partial charge is 0.264 e. The Kier molecular flexibility index (Phi) is 10.7. The van der Waals surface area contributed by atoms with Gasteiger partial charge in [0, 0.05) is 23.7 Å². The van der Waals surface area contributed by atoms with Gasteiger partial charge in [-0.3, -0.25) is 4.90 Å². The van der Waals surface area contributed by atoms with Gasteiger partial charge < -0.3 is 14.7 Å². The number of rotatable bonds is 13. The summed E-state index contributed by atoms with van der Waals surface area (Å²) in [5, 5.41) is 10.6. The molecule has 1 aromatic heterocycles. The Balaban J connectivity index is 1.42. The Morgan fingerprint density at radius 3 is 2.41 bits per heavy atom. The van der Waals surface area contributed by atoms with Crippen molar-refractivity contribution < 1.29 is 18.3 Å². The third-order valence-electron chi connectivity index (χ3n) is 9.74. The molecule has 5 rings (SSSR count). The quantitative estimate of drug-likeness (QED) is 0.208. The van der Waals surface area contributed by atoms with E-state index >= 15 is 0 Å².